The average molecular weight is 937 g/mol. The fraction of sp³-hybridized carbons (Fsp3) is 0.541. The van der Waals surface area contributed by atoms with E-state index in [0.29, 0.717) is 0 Å². The zero-order chi connectivity index (χ0) is 51.4. The minimum atomic E-state index is 0. The van der Waals surface area contributed by atoms with Crippen LogP contribution in [0.1, 0.15) is 219 Å². The predicted octanol–water partition coefficient (Wildman–Crippen LogP) is 17.3. The maximum absolute atomic E-state index is 4.79. The van der Waals surface area contributed by atoms with Crippen LogP contribution >= 0.6 is 0 Å². The van der Waals surface area contributed by atoms with E-state index >= 15 is 0 Å². The Morgan fingerprint density at radius 1 is 0.362 bits per heavy atom. The molecule has 0 amide bonds. The first-order valence-corrected chi connectivity index (χ1v) is 24.7. The summed E-state index contributed by atoms with van der Waals surface area (Å²) in [4.78, 5) is 32.2. The summed E-state index contributed by atoms with van der Waals surface area (Å²) in [6, 6.07) is 21.6. The lowest BCUT2D eigenvalue weighted by molar-refractivity contribution is 0.553. The number of pyridine rings is 2. The Morgan fingerprint density at radius 2 is 0.797 bits per heavy atom. The van der Waals surface area contributed by atoms with Crippen molar-refractivity contribution >= 4 is 44.1 Å². The largest absolute Gasteiger partial charge is 0.358 e. The Kier molecular flexibility index (Phi) is 15.9. The van der Waals surface area contributed by atoms with Crippen molar-refractivity contribution in [3.8, 4) is 0 Å². The molecule has 0 atom stereocenters. The lowest BCUT2D eigenvalue weighted by Gasteiger charge is -2.20. The van der Waals surface area contributed by atoms with Crippen LogP contribution in [0.25, 0.3) is 44.1 Å². The number of aromatic nitrogens is 8. The fourth-order valence-electron chi connectivity index (χ4n) is 8.12. The molecule has 0 unspecified atom stereocenters. The van der Waals surface area contributed by atoms with Gasteiger partial charge in [-0.1, -0.05) is 204 Å². The summed E-state index contributed by atoms with van der Waals surface area (Å²) in [7, 11) is 0. The molecular weight excluding hydrogens is 845 g/mol. The Bertz CT molecular complexity index is 2550. The number of imidazole rings is 2. The van der Waals surface area contributed by atoms with Gasteiger partial charge in [0.25, 0.3) is 0 Å². The number of rotatable bonds is 0. The van der Waals surface area contributed by atoms with Crippen molar-refractivity contribution in [2.24, 2.45) is 0 Å². The van der Waals surface area contributed by atoms with E-state index in [0.717, 1.165) is 39.4 Å². The third-order valence-electron chi connectivity index (χ3n) is 12.4. The molecule has 0 bridgehead atoms. The molecule has 8 rings (SSSR count). The van der Waals surface area contributed by atoms with Gasteiger partial charge in [-0.05, 0) is 79.6 Å². The van der Waals surface area contributed by atoms with Crippen molar-refractivity contribution in [3.05, 3.63) is 118 Å². The van der Waals surface area contributed by atoms with E-state index < -0.39 is 0 Å². The highest BCUT2D eigenvalue weighted by molar-refractivity contribution is 5.85. The molecule has 8 heteroatoms. The number of nitrogens with one attached hydrogen (secondary N) is 4. The van der Waals surface area contributed by atoms with Gasteiger partial charge in [0.15, 0.2) is 5.65 Å². The molecule has 8 nitrogen and oxygen atoms in total. The van der Waals surface area contributed by atoms with E-state index in [2.05, 4.69) is 262 Å². The topological polar surface area (TPSA) is 115 Å². The van der Waals surface area contributed by atoms with Crippen molar-refractivity contribution < 1.29 is 0 Å². The third-order valence-corrected chi connectivity index (χ3v) is 12.4. The summed E-state index contributed by atoms with van der Waals surface area (Å²) in [6.07, 6.45) is 3.75. The Morgan fingerprint density at radius 3 is 1.30 bits per heavy atom. The predicted molar refractivity (Wildman–Crippen MR) is 301 cm³/mol. The van der Waals surface area contributed by atoms with Crippen LogP contribution in [0.4, 0.5) is 0 Å². The van der Waals surface area contributed by atoms with Gasteiger partial charge >= 0.3 is 0 Å². The molecule has 376 valence electrons. The number of fused-ring (bicyclic) bond motifs is 4. The Labute approximate surface area is 417 Å². The summed E-state index contributed by atoms with van der Waals surface area (Å²) in [6.45, 7) is 53.2. The van der Waals surface area contributed by atoms with E-state index in [-0.39, 0.29) is 50.7 Å². The van der Waals surface area contributed by atoms with Crippen LogP contribution in [-0.4, -0.2) is 39.9 Å². The minimum Gasteiger partial charge on any atom is -0.358 e. The average Bonchev–Trinajstić information content (AvgIpc) is 3.99. The lowest BCUT2D eigenvalue weighted by Crippen LogP contribution is -2.14. The third kappa shape index (κ3) is 13.6. The number of aromatic amines is 4. The summed E-state index contributed by atoms with van der Waals surface area (Å²) in [5.41, 5.74) is 16.5. The van der Waals surface area contributed by atoms with Crippen molar-refractivity contribution in [3.63, 3.8) is 0 Å². The van der Waals surface area contributed by atoms with Crippen LogP contribution in [-0.2, 0) is 43.3 Å². The van der Waals surface area contributed by atoms with Gasteiger partial charge in [-0.2, -0.15) is 0 Å². The van der Waals surface area contributed by atoms with Gasteiger partial charge < -0.3 is 19.9 Å². The van der Waals surface area contributed by atoms with Crippen molar-refractivity contribution in [2.75, 3.05) is 0 Å². The molecule has 69 heavy (non-hydrogen) atoms. The molecule has 0 aliphatic heterocycles. The second kappa shape index (κ2) is 19.5. The number of hydrogen-bond acceptors (Lipinski definition) is 4. The molecule has 0 radical (unpaired) electrons. The van der Waals surface area contributed by atoms with E-state index in [4.69, 9.17) is 4.98 Å². The zero-order valence-electron chi connectivity index (χ0n) is 46.7. The molecule has 0 aliphatic rings. The van der Waals surface area contributed by atoms with Crippen LogP contribution in [0, 0.1) is 0 Å². The van der Waals surface area contributed by atoms with Gasteiger partial charge in [0.1, 0.15) is 11.6 Å². The zero-order valence-corrected chi connectivity index (χ0v) is 46.7. The maximum Gasteiger partial charge on any atom is 0.178 e. The van der Waals surface area contributed by atoms with E-state index in [1.807, 2.05) is 12.4 Å². The molecule has 0 spiro atoms. The molecule has 6 heterocycles. The van der Waals surface area contributed by atoms with Crippen LogP contribution in [0.2, 0.25) is 0 Å². The van der Waals surface area contributed by atoms with Crippen molar-refractivity contribution in [2.45, 2.75) is 217 Å². The molecule has 4 N–H and O–H groups in total. The number of benzene rings is 2. The maximum atomic E-state index is 4.79. The first kappa shape index (κ1) is 56.3. The van der Waals surface area contributed by atoms with E-state index in [1.54, 1.807) is 0 Å². The first-order chi connectivity index (χ1) is 30.8. The molecule has 2 aromatic carbocycles. The number of nitrogens with zero attached hydrogens (tertiary/aromatic N) is 4. The van der Waals surface area contributed by atoms with Crippen LogP contribution < -0.4 is 0 Å². The van der Waals surface area contributed by atoms with Gasteiger partial charge in [0.2, 0.25) is 0 Å². The highest BCUT2D eigenvalue weighted by Crippen LogP contribution is 2.35. The highest BCUT2D eigenvalue weighted by Gasteiger charge is 2.26. The van der Waals surface area contributed by atoms with Crippen LogP contribution in [0.3, 0.4) is 0 Å². The SMILES string of the molecule is C.CC(C)(C)c1cc2cccc(C(C)(C)C)c2[nH]1.CC(C)(C)c1cc2nccc(C(C)(C)C)c2[nH]1.CC(C)(C)c1nc2c(C(C)(C)C)cccc2[nH]1.CC(C)(C)c1nc2nccc(C(C)(C)C)c2[nH]1. The quantitative estimate of drug-likeness (QED) is 0.121. The lowest BCUT2D eigenvalue weighted by atomic mass is 9.86. The summed E-state index contributed by atoms with van der Waals surface area (Å²) in [5.74, 6) is 2.06. The summed E-state index contributed by atoms with van der Waals surface area (Å²) < 4.78 is 0. The molecule has 8 aromatic rings. The van der Waals surface area contributed by atoms with Crippen LogP contribution in [0.15, 0.2) is 73.1 Å². The second-order valence-electron chi connectivity index (χ2n) is 27.2. The van der Waals surface area contributed by atoms with Gasteiger partial charge in [0.05, 0.1) is 27.6 Å². The Balaban J connectivity index is 0.000000199. The standard InChI is InChI=1S/C16H23N.2C15H22N2.C14H21N3.CH4/c1-15(2,3)12-9-7-8-11-10-13(16(4,5)6)17-14(11)12;1-14(2,3)10-7-8-16-11-9-12(15(4,5)6)17-13(10)11;1-14(2,3)10-8-7-9-11-12(10)17-13(16-11)15(4,5)6;1-13(2,3)9-7-8-15-11-10(9)16-12(17-11)14(4,5)6;/h7-10,17H,1-6H3;7-9,17H,1-6H3;7-9H,1-6H3,(H,16,17);7-8H,1-6H3,(H,15,16,17);1H4. The second-order valence-corrected chi connectivity index (χ2v) is 27.2. The van der Waals surface area contributed by atoms with Gasteiger partial charge in [-0.3, -0.25) is 4.98 Å². The number of hydrogen-bond donors (Lipinski definition) is 4. The van der Waals surface area contributed by atoms with Gasteiger partial charge in [-0.25, -0.2) is 15.0 Å². The molecule has 0 aliphatic carbocycles. The minimum absolute atomic E-state index is 0. The molecule has 0 fully saturated rings. The summed E-state index contributed by atoms with van der Waals surface area (Å²) >= 11 is 0. The van der Waals surface area contributed by atoms with Crippen molar-refractivity contribution in [1.82, 2.24) is 39.9 Å². The number of para-hydroxylation sites is 2. The monoisotopic (exact) mass is 937 g/mol. The van der Waals surface area contributed by atoms with E-state index in [9.17, 15) is 0 Å². The van der Waals surface area contributed by atoms with Gasteiger partial charge in [0, 0.05) is 51.0 Å². The normalized spacial score (nSPS) is 13.1. The molecule has 0 saturated heterocycles. The Hall–Kier alpha value is -5.24. The van der Waals surface area contributed by atoms with E-state index in [1.165, 1.54) is 50.1 Å². The summed E-state index contributed by atoms with van der Waals surface area (Å²) in [5, 5.41) is 1.32. The number of H-pyrrole nitrogens is 4. The first-order valence-electron chi connectivity index (χ1n) is 24.7. The molecule has 0 saturated carbocycles. The molecule has 6 aromatic heterocycles. The van der Waals surface area contributed by atoms with Crippen molar-refractivity contribution in [1.29, 1.82) is 0 Å². The fourth-order valence-corrected chi connectivity index (χ4v) is 8.12. The molecular formula is C61H92N8. The van der Waals surface area contributed by atoms with Gasteiger partial charge in [-0.15, -0.1) is 0 Å². The smallest absolute Gasteiger partial charge is 0.178 e. The highest BCUT2D eigenvalue weighted by atomic mass is 15.0. The van der Waals surface area contributed by atoms with Crippen LogP contribution in [0.5, 0.6) is 0 Å².